The highest BCUT2D eigenvalue weighted by Crippen LogP contribution is 2.35. The molecule has 1 aromatic heterocycles. The van der Waals surface area contributed by atoms with Gasteiger partial charge in [0.25, 0.3) is 5.89 Å². The Kier molecular flexibility index (Phi) is 4.60. The summed E-state index contributed by atoms with van der Waals surface area (Å²) in [4.78, 5) is 4.61. The molecular weight excluding hydrogens is 360 g/mol. The number of thiocarbonyl (C=S) groups is 1. The van der Waals surface area contributed by atoms with Crippen molar-refractivity contribution in [3.05, 3.63) is 71.7 Å². The van der Waals surface area contributed by atoms with E-state index in [1.807, 2.05) is 61.5 Å². The lowest BCUT2D eigenvalue weighted by Crippen LogP contribution is -2.42. The average molecular weight is 378 g/mol. The number of rotatable bonds is 4. The fourth-order valence-electron chi connectivity index (χ4n) is 3.09. The molecule has 0 unspecified atom stereocenters. The van der Waals surface area contributed by atoms with Gasteiger partial charge in [-0.25, -0.2) is 0 Å². The van der Waals surface area contributed by atoms with Crippen LogP contribution in [0.2, 0.25) is 0 Å². The van der Waals surface area contributed by atoms with Crippen molar-refractivity contribution in [2.24, 2.45) is 0 Å². The Morgan fingerprint density at radius 1 is 1.11 bits per heavy atom. The molecular formula is C20H18N4O2S. The molecule has 2 heterocycles. The van der Waals surface area contributed by atoms with Crippen LogP contribution in [-0.4, -0.2) is 22.4 Å². The number of benzene rings is 2. The van der Waals surface area contributed by atoms with Crippen LogP contribution < -0.4 is 15.4 Å². The van der Waals surface area contributed by atoms with Gasteiger partial charge in [0.2, 0.25) is 5.82 Å². The van der Waals surface area contributed by atoms with Gasteiger partial charge in [-0.2, -0.15) is 4.98 Å². The number of allylic oxidation sites excluding steroid dienone is 1. The Labute approximate surface area is 162 Å². The monoisotopic (exact) mass is 378 g/mol. The molecule has 1 atom stereocenters. The number of hydrogen-bond acceptors (Lipinski definition) is 5. The van der Waals surface area contributed by atoms with Crippen molar-refractivity contribution < 1.29 is 9.26 Å². The summed E-state index contributed by atoms with van der Waals surface area (Å²) in [5.74, 6) is 1.76. The highest BCUT2D eigenvalue weighted by Gasteiger charge is 2.30. The van der Waals surface area contributed by atoms with E-state index in [-0.39, 0.29) is 6.04 Å². The van der Waals surface area contributed by atoms with E-state index in [2.05, 4.69) is 20.8 Å². The van der Waals surface area contributed by atoms with Gasteiger partial charge < -0.3 is 19.9 Å². The first-order valence-corrected chi connectivity index (χ1v) is 8.88. The molecule has 27 heavy (non-hydrogen) atoms. The van der Waals surface area contributed by atoms with Crippen LogP contribution in [0.3, 0.4) is 0 Å². The van der Waals surface area contributed by atoms with Gasteiger partial charge in [-0.15, -0.1) is 0 Å². The van der Waals surface area contributed by atoms with Crippen LogP contribution in [0, 0.1) is 0 Å². The van der Waals surface area contributed by atoms with Crippen LogP contribution in [0.25, 0.3) is 17.0 Å². The van der Waals surface area contributed by atoms with Crippen molar-refractivity contribution in [2.75, 3.05) is 7.11 Å². The summed E-state index contributed by atoms with van der Waals surface area (Å²) >= 11 is 5.35. The molecule has 0 aliphatic carbocycles. The van der Waals surface area contributed by atoms with Gasteiger partial charge in [0, 0.05) is 11.3 Å². The molecule has 3 aromatic rings. The van der Waals surface area contributed by atoms with E-state index < -0.39 is 0 Å². The quantitative estimate of drug-likeness (QED) is 0.671. The van der Waals surface area contributed by atoms with E-state index in [1.165, 1.54) is 0 Å². The summed E-state index contributed by atoms with van der Waals surface area (Å²) in [6, 6.07) is 17.3. The lowest BCUT2D eigenvalue weighted by Gasteiger charge is -2.29. The number of nitrogens with one attached hydrogen (secondary N) is 2. The Hall–Kier alpha value is -3.19. The minimum atomic E-state index is -0.224. The van der Waals surface area contributed by atoms with Gasteiger partial charge in [0.15, 0.2) is 5.11 Å². The molecule has 0 saturated carbocycles. The molecule has 1 aliphatic rings. The SMILES string of the molecule is COc1cccc([C@H]2NC(=S)NC(C)=C2c2nc(-c3ccccc3)no2)c1. The van der Waals surface area contributed by atoms with Crippen molar-refractivity contribution in [1.29, 1.82) is 0 Å². The van der Waals surface area contributed by atoms with Gasteiger partial charge in [-0.05, 0) is 36.8 Å². The topological polar surface area (TPSA) is 72.2 Å². The van der Waals surface area contributed by atoms with E-state index >= 15 is 0 Å². The van der Waals surface area contributed by atoms with Gasteiger partial charge >= 0.3 is 0 Å². The Morgan fingerprint density at radius 3 is 2.70 bits per heavy atom. The third-order valence-corrected chi connectivity index (χ3v) is 4.60. The summed E-state index contributed by atoms with van der Waals surface area (Å²) in [5, 5.41) is 11.1. The van der Waals surface area contributed by atoms with Crippen molar-refractivity contribution in [2.45, 2.75) is 13.0 Å². The van der Waals surface area contributed by atoms with Crippen LogP contribution in [0.15, 0.2) is 64.8 Å². The number of ether oxygens (including phenoxy) is 1. The molecule has 2 aromatic carbocycles. The zero-order chi connectivity index (χ0) is 18.8. The van der Waals surface area contributed by atoms with Crippen molar-refractivity contribution in [3.8, 4) is 17.1 Å². The first-order chi connectivity index (χ1) is 13.2. The lowest BCUT2D eigenvalue weighted by molar-refractivity contribution is 0.403. The maximum Gasteiger partial charge on any atom is 0.258 e. The van der Waals surface area contributed by atoms with Crippen molar-refractivity contribution in [1.82, 2.24) is 20.8 Å². The fourth-order valence-corrected chi connectivity index (χ4v) is 3.36. The molecule has 1 aliphatic heterocycles. The number of methoxy groups -OCH3 is 1. The average Bonchev–Trinajstić information content (AvgIpc) is 3.18. The standard InChI is InChI=1S/C20H18N4O2S/c1-12-16(19-23-18(24-26-19)13-7-4-3-5-8-13)17(22-20(27)21-12)14-9-6-10-15(11-14)25-2/h3-11,17H,1-2H3,(H2,21,22,27)/t17-/m1/s1. The molecule has 136 valence electrons. The first-order valence-electron chi connectivity index (χ1n) is 8.47. The third-order valence-electron chi connectivity index (χ3n) is 4.38. The largest absolute Gasteiger partial charge is 0.497 e. The smallest absolute Gasteiger partial charge is 0.258 e. The summed E-state index contributed by atoms with van der Waals surface area (Å²) in [6.45, 7) is 1.95. The van der Waals surface area contributed by atoms with E-state index in [0.29, 0.717) is 16.8 Å². The van der Waals surface area contributed by atoms with E-state index in [0.717, 1.165) is 28.1 Å². The minimum Gasteiger partial charge on any atom is -0.497 e. The van der Waals surface area contributed by atoms with Gasteiger partial charge in [0.1, 0.15) is 5.75 Å². The number of hydrogen-bond donors (Lipinski definition) is 2. The third kappa shape index (κ3) is 3.41. The molecule has 0 amide bonds. The van der Waals surface area contributed by atoms with Crippen molar-refractivity contribution >= 4 is 22.9 Å². The van der Waals surface area contributed by atoms with Gasteiger partial charge in [-0.3, -0.25) is 0 Å². The molecule has 4 rings (SSSR count). The van der Waals surface area contributed by atoms with Crippen molar-refractivity contribution in [3.63, 3.8) is 0 Å². The number of nitrogens with zero attached hydrogens (tertiary/aromatic N) is 2. The van der Waals surface area contributed by atoms with Gasteiger partial charge in [-0.1, -0.05) is 47.6 Å². The lowest BCUT2D eigenvalue weighted by atomic mass is 9.95. The Balaban J connectivity index is 1.77. The molecule has 0 spiro atoms. The zero-order valence-electron chi connectivity index (χ0n) is 14.9. The molecule has 0 radical (unpaired) electrons. The van der Waals surface area contributed by atoms with Crippen LogP contribution in [0.1, 0.15) is 24.4 Å². The van der Waals surface area contributed by atoms with Gasteiger partial charge in [0.05, 0.1) is 18.7 Å². The van der Waals surface area contributed by atoms with Crippen LogP contribution in [-0.2, 0) is 0 Å². The predicted octanol–water partition coefficient (Wildman–Crippen LogP) is 3.70. The molecule has 0 saturated heterocycles. The normalized spacial score (nSPS) is 16.7. The highest BCUT2D eigenvalue weighted by molar-refractivity contribution is 7.80. The molecule has 7 heteroatoms. The van der Waals surface area contributed by atoms with Crippen LogP contribution in [0.4, 0.5) is 0 Å². The second kappa shape index (κ2) is 7.20. The molecule has 0 fully saturated rings. The first kappa shape index (κ1) is 17.2. The summed E-state index contributed by atoms with van der Waals surface area (Å²) in [7, 11) is 1.64. The minimum absolute atomic E-state index is 0.224. The predicted molar refractivity (Wildman–Crippen MR) is 107 cm³/mol. The molecule has 2 N–H and O–H groups in total. The van der Waals surface area contributed by atoms with Crippen LogP contribution >= 0.6 is 12.2 Å². The summed E-state index contributed by atoms with van der Waals surface area (Å²) < 4.78 is 11.0. The second-order valence-corrected chi connectivity index (χ2v) is 6.54. The maximum atomic E-state index is 5.60. The Bertz CT molecular complexity index is 1010. The van der Waals surface area contributed by atoms with E-state index in [1.54, 1.807) is 7.11 Å². The van der Waals surface area contributed by atoms with E-state index in [9.17, 15) is 0 Å². The zero-order valence-corrected chi connectivity index (χ0v) is 15.7. The van der Waals surface area contributed by atoms with Crippen LogP contribution in [0.5, 0.6) is 5.75 Å². The molecule has 6 nitrogen and oxygen atoms in total. The fraction of sp³-hybridized carbons (Fsp3) is 0.150. The summed E-state index contributed by atoms with van der Waals surface area (Å²) in [6.07, 6.45) is 0. The van der Waals surface area contributed by atoms with E-state index in [4.69, 9.17) is 21.5 Å². The number of aromatic nitrogens is 2. The Morgan fingerprint density at radius 2 is 1.93 bits per heavy atom. The second-order valence-electron chi connectivity index (χ2n) is 6.14. The maximum absolute atomic E-state index is 5.60. The highest BCUT2D eigenvalue weighted by atomic mass is 32.1. The molecule has 0 bridgehead atoms. The summed E-state index contributed by atoms with van der Waals surface area (Å²) in [5.41, 5.74) is 3.62.